The van der Waals surface area contributed by atoms with Crippen LogP contribution >= 0.6 is 23.2 Å². The third-order valence-corrected chi connectivity index (χ3v) is 3.92. The van der Waals surface area contributed by atoms with Crippen LogP contribution in [0.4, 0.5) is 5.82 Å². The summed E-state index contributed by atoms with van der Waals surface area (Å²) < 4.78 is 0. The van der Waals surface area contributed by atoms with Crippen LogP contribution in [0.15, 0.2) is 12.3 Å². The molecule has 1 fully saturated rings. The van der Waals surface area contributed by atoms with Crippen LogP contribution < -0.4 is 5.32 Å². The van der Waals surface area contributed by atoms with Crippen molar-refractivity contribution in [1.82, 2.24) is 4.98 Å². The number of nitrogens with one attached hydrogen (secondary N) is 1. The fourth-order valence-corrected chi connectivity index (χ4v) is 2.80. The average molecular weight is 289 g/mol. The van der Waals surface area contributed by atoms with Crippen LogP contribution in [0, 0.1) is 0 Å². The molecule has 1 aliphatic carbocycles. The Balaban J connectivity index is 1.97. The number of aromatic nitrogens is 1. The van der Waals surface area contributed by atoms with Gasteiger partial charge in [-0.15, -0.1) is 0 Å². The van der Waals surface area contributed by atoms with Gasteiger partial charge < -0.3 is 10.4 Å². The minimum atomic E-state index is -0.638. The molecule has 1 aromatic rings. The first-order valence-corrected chi connectivity index (χ1v) is 7.12. The largest absolute Gasteiger partial charge is 0.388 e. The normalized spacial score (nSPS) is 19.3. The molecule has 2 N–H and O–H groups in total. The Labute approximate surface area is 118 Å². The lowest BCUT2D eigenvalue weighted by Crippen LogP contribution is -2.36. The topological polar surface area (TPSA) is 45.1 Å². The Kier molecular flexibility index (Phi) is 4.71. The van der Waals surface area contributed by atoms with Gasteiger partial charge in [0.1, 0.15) is 5.82 Å². The molecule has 0 unspecified atom stereocenters. The molecule has 2 rings (SSSR count). The highest BCUT2D eigenvalue weighted by atomic mass is 35.5. The molecule has 1 saturated carbocycles. The van der Waals surface area contributed by atoms with Crippen molar-refractivity contribution in [2.24, 2.45) is 0 Å². The molecule has 1 aromatic heterocycles. The van der Waals surface area contributed by atoms with Gasteiger partial charge in [-0.05, 0) is 18.9 Å². The lowest BCUT2D eigenvalue weighted by molar-refractivity contribution is 0.0380. The fraction of sp³-hybridized carbons (Fsp3) is 0.615. The highest BCUT2D eigenvalue weighted by Crippen LogP contribution is 2.28. The van der Waals surface area contributed by atoms with Crippen molar-refractivity contribution in [3.05, 3.63) is 22.3 Å². The highest BCUT2D eigenvalue weighted by molar-refractivity contribution is 6.35. The van der Waals surface area contributed by atoms with E-state index in [2.05, 4.69) is 10.3 Å². The Bertz CT molecular complexity index is 404. The van der Waals surface area contributed by atoms with Gasteiger partial charge in [-0.2, -0.15) is 0 Å². The smallest absolute Gasteiger partial charge is 0.144 e. The molecule has 0 saturated heterocycles. The fourth-order valence-electron chi connectivity index (χ4n) is 2.36. The first-order chi connectivity index (χ1) is 8.59. The van der Waals surface area contributed by atoms with Crippen LogP contribution in [0.25, 0.3) is 0 Å². The number of hydrogen-bond acceptors (Lipinski definition) is 3. The van der Waals surface area contributed by atoms with Crippen LogP contribution in [-0.4, -0.2) is 22.2 Å². The standard InChI is InChI=1S/C13H18Cl2N2O/c14-10-7-11(15)12(16-8-10)17-9-13(18)5-3-1-2-4-6-13/h7-8,18H,1-6,9H2,(H,16,17). The molecule has 0 spiro atoms. The third kappa shape index (κ3) is 3.74. The second kappa shape index (κ2) is 6.09. The maximum Gasteiger partial charge on any atom is 0.144 e. The molecule has 0 amide bonds. The van der Waals surface area contributed by atoms with Crippen molar-refractivity contribution in [3.8, 4) is 0 Å². The molecular weight excluding hydrogens is 271 g/mol. The van der Waals surface area contributed by atoms with E-state index in [1.165, 1.54) is 12.8 Å². The summed E-state index contributed by atoms with van der Waals surface area (Å²) in [6.07, 6.45) is 7.81. The summed E-state index contributed by atoms with van der Waals surface area (Å²) in [5.41, 5.74) is -0.638. The van der Waals surface area contributed by atoms with Gasteiger partial charge in [0.25, 0.3) is 0 Å². The Morgan fingerprint density at radius 3 is 2.50 bits per heavy atom. The lowest BCUT2D eigenvalue weighted by Gasteiger charge is -2.27. The van der Waals surface area contributed by atoms with Crippen molar-refractivity contribution >= 4 is 29.0 Å². The van der Waals surface area contributed by atoms with Crippen LogP contribution in [0.1, 0.15) is 38.5 Å². The zero-order valence-corrected chi connectivity index (χ0v) is 11.8. The number of hydrogen-bond donors (Lipinski definition) is 2. The van der Waals surface area contributed by atoms with Crippen molar-refractivity contribution < 1.29 is 5.11 Å². The van der Waals surface area contributed by atoms with Crippen molar-refractivity contribution in [2.45, 2.75) is 44.1 Å². The van der Waals surface area contributed by atoms with E-state index >= 15 is 0 Å². The summed E-state index contributed by atoms with van der Waals surface area (Å²) in [6, 6.07) is 1.65. The van der Waals surface area contributed by atoms with E-state index in [9.17, 15) is 5.11 Å². The van der Waals surface area contributed by atoms with E-state index in [1.54, 1.807) is 12.3 Å². The van der Waals surface area contributed by atoms with Gasteiger partial charge in [0, 0.05) is 12.7 Å². The molecule has 0 radical (unpaired) electrons. The number of anilines is 1. The summed E-state index contributed by atoms with van der Waals surface area (Å²) in [6.45, 7) is 0.487. The maximum absolute atomic E-state index is 10.5. The molecule has 1 heterocycles. The monoisotopic (exact) mass is 288 g/mol. The van der Waals surface area contributed by atoms with Gasteiger partial charge in [0.2, 0.25) is 0 Å². The molecule has 3 nitrogen and oxygen atoms in total. The van der Waals surface area contributed by atoms with E-state index in [0.29, 0.717) is 22.4 Å². The Hall–Kier alpha value is -0.510. The number of pyridine rings is 1. The first-order valence-electron chi connectivity index (χ1n) is 6.36. The SMILES string of the molecule is OC1(CNc2ncc(Cl)cc2Cl)CCCCCC1. The second-order valence-corrected chi connectivity index (χ2v) is 5.82. The predicted molar refractivity (Wildman–Crippen MR) is 75.4 cm³/mol. The predicted octanol–water partition coefficient (Wildman–Crippen LogP) is 3.89. The van der Waals surface area contributed by atoms with Gasteiger partial charge in [-0.3, -0.25) is 0 Å². The van der Waals surface area contributed by atoms with Gasteiger partial charge in [-0.25, -0.2) is 4.98 Å². The van der Waals surface area contributed by atoms with Crippen LogP contribution in [0.5, 0.6) is 0 Å². The molecule has 5 heteroatoms. The average Bonchev–Trinajstić information content (AvgIpc) is 2.54. The maximum atomic E-state index is 10.5. The van der Waals surface area contributed by atoms with Crippen LogP contribution in [-0.2, 0) is 0 Å². The molecule has 0 atom stereocenters. The van der Waals surface area contributed by atoms with E-state index in [4.69, 9.17) is 23.2 Å². The lowest BCUT2D eigenvalue weighted by atomic mass is 9.94. The highest BCUT2D eigenvalue weighted by Gasteiger charge is 2.27. The number of rotatable bonds is 3. The van der Waals surface area contributed by atoms with E-state index in [-0.39, 0.29) is 0 Å². The van der Waals surface area contributed by atoms with E-state index in [1.807, 2.05) is 0 Å². The van der Waals surface area contributed by atoms with E-state index in [0.717, 1.165) is 25.7 Å². The molecule has 18 heavy (non-hydrogen) atoms. The third-order valence-electron chi connectivity index (χ3n) is 3.43. The van der Waals surface area contributed by atoms with Gasteiger partial charge in [0.05, 0.1) is 15.6 Å². The zero-order valence-electron chi connectivity index (χ0n) is 10.3. The van der Waals surface area contributed by atoms with E-state index < -0.39 is 5.60 Å². The zero-order chi connectivity index (χ0) is 13.0. The van der Waals surface area contributed by atoms with Crippen molar-refractivity contribution in [2.75, 3.05) is 11.9 Å². The van der Waals surface area contributed by atoms with Gasteiger partial charge in [0.15, 0.2) is 0 Å². The van der Waals surface area contributed by atoms with Crippen LogP contribution in [0.2, 0.25) is 10.0 Å². The second-order valence-electron chi connectivity index (χ2n) is 4.98. The summed E-state index contributed by atoms with van der Waals surface area (Å²) in [4.78, 5) is 4.13. The number of aliphatic hydroxyl groups is 1. The quantitative estimate of drug-likeness (QED) is 0.830. The summed E-state index contributed by atoms with van der Waals surface area (Å²) in [7, 11) is 0. The van der Waals surface area contributed by atoms with Gasteiger partial charge >= 0.3 is 0 Å². The molecule has 1 aliphatic rings. The minimum absolute atomic E-state index is 0.486. The first kappa shape index (κ1) is 13.9. The molecule has 0 bridgehead atoms. The minimum Gasteiger partial charge on any atom is -0.388 e. The molecule has 0 aromatic carbocycles. The molecule has 0 aliphatic heterocycles. The summed E-state index contributed by atoms with van der Waals surface area (Å²) >= 11 is 11.8. The molecular formula is C13H18Cl2N2O. The Morgan fingerprint density at radius 1 is 1.22 bits per heavy atom. The summed E-state index contributed by atoms with van der Waals surface area (Å²) in [5, 5.41) is 14.6. The molecule has 100 valence electrons. The van der Waals surface area contributed by atoms with Gasteiger partial charge in [-0.1, -0.05) is 48.9 Å². The number of nitrogens with zero attached hydrogens (tertiary/aromatic N) is 1. The number of halogens is 2. The van der Waals surface area contributed by atoms with Crippen molar-refractivity contribution in [1.29, 1.82) is 0 Å². The van der Waals surface area contributed by atoms with Crippen LogP contribution in [0.3, 0.4) is 0 Å². The summed E-state index contributed by atoms with van der Waals surface area (Å²) in [5.74, 6) is 0.582. The van der Waals surface area contributed by atoms with Crippen molar-refractivity contribution in [3.63, 3.8) is 0 Å². The Morgan fingerprint density at radius 2 is 1.89 bits per heavy atom.